The maximum atomic E-state index is 11.9. The Labute approximate surface area is 108 Å². The monoisotopic (exact) mass is 254 g/mol. The van der Waals surface area contributed by atoms with Crippen molar-refractivity contribution in [1.82, 2.24) is 0 Å². The Morgan fingerprint density at radius 3 is 2.24 bits per heavy atom. The van der Waals surface area contributed by atoms with Gasteiger partial charge in [0.15, 0.2) is 0 Å². The third kappa shape index (κ3) is 3.63. The molecule has 0 saturated heterocycles. The molecule has 1 rings (SSSR count). The highest BCUT2D eigenvalue weighted by atomic mass is 35.5. The number of carbonyl (C=O) groups excluding carboxylic acids is 1. The molecule has 0 bridgehead atoms. The molecular formula is C13H19ClN2O. The van der Waals surface area contributed by atoms with Crippen LogP contribution in [0.25, 0.3) is 0 Å². The summed E-state index contributed by atoms with van der Waals surface area (Å²) in [6.45, 7) is 3.65. The lowest BCUT2D eigenvalue weighted by molar-refractivity contribution is -0.122. The zero-order chi connectivity index (χ0) is 13.1. The summed E-state index contributed by atoms with van der Waals surface area (Å²) < 4.78 is 0. The molecule has 0 heterocycles. The fourth-order valence-electron chi connectivity index (χ4n) is 1.20. The normalized spacial score (nSPS) is 11.1. The summed E-state index contributed by atoms with van der Waals surface area (Å²) in [5.74, 6) is 0.235. The molecule has 3 nitrogen and oxygen atoms in total. The maximum absolute atomic E-state index is 11.9. The number of benzene rings is 1. The molecular weight excluding hydrogens is 236 g/mol. The van der Waals surface area contributed by atoms with Crippen molar-refractivity contribution in [2.24, 2.45) is 5.41 Å². The van der Waals surface area contributed by atoms with Crippen molar-refractivity contribution in [3.63, 3.8) is 0 Å². The smallest absolute Gasteiger partial charge is 0.231 e. The number of halogens is 1. The third-order valence-corrected chi connectivity index (χ3v) is 3.26. The van der Waals surface area contributed by atoms with Gasteiger partial charge >= 0.3 is 0 Å². The lowest BCUT2D eigenvalue weighted by Gasteiger charge is -2.20. The number of anilines is 2. The van der Waals surface area contributed by atoms with Gasteiger partial charge in [0.05, 0.1) is 5.41 Å². The molecule has 0 radical (unpaired) electrons. The Morgan fingerprint density at radius 2 is 1.82 bits per heavy atom. The van der Waals surface area contributed by atoms with E-state index in [2.05, 4.69) is 5.32 Å². The van der Waals surface area contributed by atoms with Gasteiger partial charge in [0.2, 0.25) is 5.91 Å². The Bertz CT molecular complexity index is 385. The van der Waals surface area contributed by atoms with Crippen LogP contribution in [-0.4, -0.2) is 25.9 Å². The Balaban J connectivity index is 2.73. The number of nitrogens with zero attached hydrogens (tertiary/aromatic N) is 1. The van der Waals surface area contributed by atoms with Crippen molar-refractivity contribution in [3.05, 3.63) is 24.3 Å². The summed E-state index contributed by atoms with van der Waals surface area (Å²) in [5.41, 5.74) is 1.33. The van der Waals surface area contributed by atoms with Crippen LogP contribution in [0.5, 0.6) is 0 Å². The fourth-order valence-corrected chi connectivity index (χ4v) is 1.33. The maximum Gasteiger partial charge on any atom is 0.231 e. The molecule has 0 saturated carbocycles. The first-order valence-electron chi connectivity index (χ1n) is 5.51. The van der Waals surface area contributed by atoms with Crippen molar-refractivity contribution in [2.75, 3.05) is 30.2 Å². The van der Waals surface area contributed by atoms with Gasteiger partial charge in [0.1, 0.15) is 0 Å². The van der Waals surface area contributed by atoms with Crippen LogP contribution in [0.2, 0.25) is 0 Å². The summed E-state index contributed by atoms with van der Waals surface area (Å²) in [6.07, 6.45) is 0. The zero-order valence-corrected chi connectivity index (χ0v) is 11.5. The molecule has 1 amide bonds. The van der Waals surface area contributed by atoms with Gasteiger partial charge in [-0.3, -0.25) is 4.79 Å². The summed E-state index contributed by atoms with van der Waals surface area (Å²) in [7, 11) is 3.95. The van der Waals surface area contributed by atoms with Gasteiger partial charge in [0, 0.05) is 31.4 Å². The van der Waals surface area contributed by atoms with E-state index in [0.717, 1.165) is 11.4 Å². The van der Waals surface area contributed by atoms with E-state index in [0.29, 0.717) is 5.88 Å². The second-order valence-corrected chi connectivity index (χ2v) is 5.18. The topological polar surface area (TPSA) is 32.3 Å². The quantitative estimate of drug-likeness (QED) is 0.838. The average molecular weight is 255 g/mol. The van der Waals surface area contributed by atoms with Crippen LogP contribution >= 0.6 is 11.6 Å². The SMILES string of the molecule is CN(C)c1ccc(NC(=O)C(C)(C)CCl)cc1. The Hall–Kier alpha value is -1.22. The van der Waals surface area contributed by atoms with Gasteiger partial charge in [-0.15, -0.1) is 11.6 Å². The van der Waals surface area contributed by atoms with E-state index in [1.165, 1.54) is 0 Å². The third-order valence-electron chi connectivity index (χ3n) is 2.59. The molecule has 4 heteroatoms. The minimum Gasteiger partial charge on any atom is -0.378 e. The van der Waals surface area contributed by atoms with Crippen molar-refractivity contribution in [2.45, 2.75) is 13.8 Å². The molecule has 0 fully saturated rings. The highest BCUT2D eigenvalue weighted by Gasteiger charge is 2.26. The van der Waals surface area contributed by atoms with Crippen molar-refractivity contribution in [1.29, 1.82) is 0 Å². The van der Waals surface area contributed by atoms with E-state index in [9.17, 15) is 4.79 Å². The highest BCUT2D eigenvalue weighted by Crippen LogP contribution is 2.21. The van der Waals surface area contributed by atoms with Gasteiger partial charge in [-0.05, 0) is 38.1 Å². The second-order valence-electron chi connectivity index (χ2n) is 4.91. The predicted octanol–water partition coefficient (Wildman–Crippen LogP) is 2.96. The van der Waals surface area contributed by atoms with E-state index in [4.69, 9.17) is 11.6 Å². The van der Waals surface area contributed by atoms with Crippen molar-refractivity contribution in [3.8, 4) is 0 Å². The van der Waals surface area contributed by atoms with Crippen LogP contribution < -0.4 is 10.2 Å². The summed E-state index contributed by atoms with van der Waals surface area (Å²) in [4.78, 5) is 13.9. The van der Waals surface area contributed by atoms with Gasteiger partial charge in [-0.2, -0.15) is 0 Å². The number of hydrogen-bond acceptors (Lipinski definition) is 2. The van der Waals surface area contributed by atoms with E-state index in [1.54, 1.807) is 0 Å². The molecule has 0 aliphatic heterocycles. The molecule has 17 heavy (non-hydrogen) atoms. The van der Waals surface area contributed by atoms with Crippen molar-refractivity contribution >= 4 is 28.9 Å². The Kier molecular flexibility index (Phi) is 4.40. The number of alkyl halides is 1. The molecule has 0 spiro atoms. The molecule has 0 atom stereocenters. The van der Waals surface area contributed by atoms with Crippen LogP contribution in [0.4, 0.5) is 11.4 Å². The van der Waals surface area contributed by atoms with Crippen LogP contribution in [-0.2, 0) is 4.79 Å². The van der Waals surface area contributed by atoms with Crippen LogP contribution in [0, 0.1) is 5.41 Å². The minimum atomic E-state index is -0.554. The van der Waals surface area contributed by atoms with E-state index in [1.807, 2.05) is 57.1 Å². The first kappa shape index (κ1) is 13.8. The van der Waals surface area contributed by atoms with Crippen molar-refractivity contribution < 1.29 is 4.79 Å². The number of nitrogens with one attached hydrogen (secondary N) is 1. The molecule has 0 aliphatic rings. The minimum absolute atomic E-state index is 0.0647. The van der Waals surface area contributed by atoms with Gasteiger partial charge < -0.3 is 10.2 Å². The number of hydrogen-bond donors (Lipinski definition) is 1. The lowest BCUT2D eigenvalue weighted by atomic mass is 9.95. The van der Waals surface area contributed by atoms with Gasteiger partial charge in [-0.25, -0.2) is 0 Å². The van der Waals surface area contributed by atoms with E-state index in [-0.39, 0.29) is 5.91 Å². The predicted molar refractivity (Wildman–Crippen MR) is 73.9 cm³/mol. The summed E-state index contributed by atoms with van der Waals surface area (Å²) in [5, 5.41) is 2.86. The molecule has 94 valence electrons. The fraction of sp³-hybridized carbons (Fsp3) is 0.462. The standard InChI is InChI=1S/C13H19ClN2O/c1-13(2,9-14)12(17)15-10-5-7-11(8-6-10)16(3)4/h5-8H,9H2,1-4H3,(H,15,17). The van der Waals surface area contributed by atoms with E-state index >= 15 is 0 Å². The summed E-state index contributed by atoms with van der Waals surface area (Å²) in [6, 6.07) is 7.70. The molecule has 0 unspecified atom stereocenters. The molecule has 0 aromatic heterocycles. The molecule has 1 aromatic rings. The Morgan fingerprint density at radius 1 is 1.29 bits per heavy atom. The first-order chi connectivity index (χ1) is 7.86. The average Bonchev–Trinajstić information content (AvgIpc) is 2.29. The first-order valence-corrected chi connectivity index (χ1v) is 6.05. The zero-order valence-electron chi connectivity index (χ0n) is 10.7. The molecule has 1 aromatic carbocycles. The van der Waals surface area contributed by atoms with Gasteiger partial charge in [-0.1, -0.05) is 0 Å². The molecule has 1 N–H and O–H groups in total. The van der Waals surface area contributed by atoms with Crippen LogP contribution in [0.1, 0.15) is 13.8 Å². The van der Waals surface area contributed by atoms with Crippen LogP contribution in [0.3, 0.4) is 0 Å². The number of carbonyl (C=O) groups is 1. The highest BCUT2D eigenvalue weighted by molar-refractivity contribution is 6.20. The summed E-state index contributed by atoms with van der Waals surface area (Å²) >= 11 is 5.75. The van der Waals surface area contributed by atoms with Crippen LogP contribution in [0.15, 0.2) is 24.3 Å². The lowest BCUT2D eigenvalue weighted by Crippen LogP contribution is -2.32. The number of amides is 1. The molecule has 0 aliphatic carbocycles. The largest absolute Gasteiger partial charge is 0.378 e. The number of rotatable bonds is 4. The van der Waals surface area contributed by atoms with Gasteiger partial charge in [0.25, 0.3) is 0 Å². The van der Waals surface area contributed by atoms with E-state index < -0.39 is 5.41 Å². The second kappa shape index (κ2) is 5.41.